The third kappa shape index (κ3) is 2.60. The van der Waals surface area contributed by atoms with Gasteiger partial charge in [0.2, 0.25) is 5.75 Å². The molecule has 2 aromatic carbocycles. The van der Waals surface area contributed by atoms with Gasteiger partial charge in [-0.15, -0.1) is 0 Å². The van der Waals surface area contributed by atoms with Gasteiger partial charge in [-0.05, 0) is 41.7 Å². The lowest BCUT2D eigenvalue weighted by atomic mass is 9.77. The molecule has 1 N–H and O–H groups in total. The third-order valence-corrected chi connectivity index (χ3v) is 5.71. The van der Waals surface area contributed by atoms with Gasteiger partial charge in [0.15, 0.2) is 11.5 Å². The summed E-state index contributed by atoms with van der Waals surface area (Å²) in [5, 5.41) is 4.42. The monoisotopic (exact) mass is 371 g/mol. The molecule has 0 spiro atoms. The van der Waals surface area contributed by atoms with E-state index in [0.29, 0.717) is 29.1 Å². The Bertz CT molecular complexity index is 839. The molecule has 0 aromatic heterocycles. The van der Waals surface area contributed by atoms with Crippen LogP contribution in [0.1, 0.15) is 29.5 Å². The van der Waals surface area contributed by atoms with Crippen molar-refractivity contribution >= 4 is 17.3 Å². The predicted octanol–water partition coefficient (Wildman–Crippen LogP) is 5.19. The zero-order valence-corrected chi connectivity index (χ0v) is 15.8. The summed E-state index contributed by atoms with van der Waals surface area (Å²) in [6.45, 7) is 0. The van der Waals surface area contributed by atoms with Crippen LogP contribution in [0.3, 0.4) is 0 Å². The highest BCUT2D eigenvalue weighted by molar-refractivity contribution is 6.33. The van der Waals surface area contributed by atoms with Crippen molar-refractivity contribution in [2.45, 2.75) is 18.4 Å². The number of allylic oxidation sites excluding steroid dienone is 2. The van der Waals surface area contributed by atoms with E-state index < -0.39 is 0 Å². The molecule has 0 amide bonds. The summed E-state index contributed by atoms with van der Waals surface area (Å²) >= 11 is 6.49. The molecule has 0 saturated heterocycles. The number of rotatable bonds is 4. The van der Waals surface area contributed by atoms with E-state index in [2.05, 4.69) is 23.5 Å². The zero-order chi connectivity index (χ0) is 18.3. The predicted molar refractivity (Wildman–Crippen MR) is 104 cm³/mol. The van der Waals surface area contributed by atoms with Crippen LogP contribution in [0.4, 0.5) is 5.69 Å². The Morgan fingerprint density at radius 2 is 1.77 bits per heavy atom. The van der Waals surface area contributed by atoms with Gasteiger partial charge in [0, 0.05) is 5.92 Å². The fourth-order valence-electron chi connectivity index (χ4n) is 4.19. The molecule has 0 fully saturated rings. The molecule has 1 heterocycles. The summed E-state index contributed by atoms with van der Waals surface area (Å²) < 4.78 is 16.5. The first-order valence-electron chi connectivity index (χ1n) is 8.69. The summed E-state index contributed by atoms with van der Waals surface area (Å²) in [6, 6.07) is 10.3. The number of benzene rings is 2. The Morgan fingerprint density at radius 3 is 2.42 bits per heavy atom. The second-order valence-electron chi connectivity index (χ2n) is 6.64. The number of hydrogen-bond acceptors (Lipinski definition) is 4. The van der Waals surface area contributed by atoms with Crippen molar-refractivity contribution in [1.82, 2.24) is 0 Å². The van der Waals surface area contributed by atoms with Gasteiger partial charge in [0.1, 0.15) is 0 Å². The minimum Gasteiger partial charge on any atom is -0.493 e. The van der Waals surface area contributed by atoms with Gasteiger partial charge < -0.3 is 19.5 Å². The highest BCUT2D eigenvalue weighted by Gasteiger charge is 2.39. The number of nitrogens with one attached hydrogen (secondary N) is 1. The zero-order valence-electron chi connectivity index (χ0n) is 15.1. The van der Waals surface area contributed by atoms with Crippen molar-refractivity contribution in [3.05, 3.63) is 58.6 Å². The van der Waals surface area contributed by atoms with Gasteiger partial charge in [-0.1, -0.05) is 35.9 Å². The molecule has 3 atom stereocenters. The molecular formula is C21H22ClNO3. The molecule has 2 aromatic rings. The van der Waals surface area contributed by atoms with Gasteiger partial charge >= 0.3 is 0 Å². The van der Waals surface area contributed by atoms with Gasteiger partial charge in [-0.2, -0.15) is 0 Å². The lowest BCUT2D eigenvalue weighted by Gasteiger charge is -2.38. The Morgan fingerprint density at radius 1 is 1.04 bits per heavy atom. The largest absolute Gasteiger partial charge is 0.493 e. The Hall–Kier alpha value is -2.33. The van der Waals surface area contributed by atoms with Crippen LogP contribution in [-0.4, -0.2) is 21.3 Å². The molecule has 136 valence electrons. The molecule has 5 heteroatoms. The topological polar surface area (TPSA) is 39.7 Å². The number of anilines is 1. The van der Waals surface area contributed by atoms with Crippen molar-refractivity contribution in [2.75, 3.05) is 26.6 Å². The van der Waals surface area contributed by atoms with E-state index in [9.17, 15) is 0 Å². The summed E-state index contributed by atoms with van der Waals surface area (Å²) in [7, 11) is 4.90. The van der Waals surface area contributed by atoms with Gasteiger partial charge in [-0.3, -0.25) is 0 Å². The molecule has 4 nitrogen and oxygen atoms in total. The number of hydrogen-bond donors (Lipinski definition) is 1. The second kappa shape index (κ2) is 6.76. The average Bonchev–Trinajstić information content (AvgIpc) is 3.16. The van der Waals surface area contributed by atoms with Crippen LogP contribution in [0.15, 0.2) is 42.5 Å². The van der Waals surface area contributed by atoms with E-state index in [0.717, 1.165) is 22.7 Å². The van der Waals surface area contributed by atoms with E-state index in [-0.39, 0.29) is 6.04 Å². The summed E-state index contributed by atoms with van der Waals surface area (Å²) in [6.07, 6.45) is 5.58. The molecule has 26 heavy (non-hydrogen) atoms. The van der Waals surface area contributed by atoms with Crippen LogP contribution in [0, 0.1) is 5.92 Å². The maximum atomic E-state index is 6.49. The maximum absolute atomic E-state index is 6.49. The number of para-hydroxylation sites is 1. The van der Waals surface area contributed by atoms with Crippen molar-refractivity contribution in [3.8, 4) is 17.2 Å². The molecule has 1 aliphatic heterocycles. The minimum atomic E-state index is 0.108. The molecule has 4 rings (SSSR count). The fraction of sp³-hybridized carbons (Fsp3) is 0.333. The third-order valence-electron chi connectivity index (χ3n) is 5.39. The summed E-state index contributed by atoms with van der Waals surface area (Å²) in [5.41, 5.74) is 3.38. The quantitative estimate of drug-likeness (QED) is 0.750. The molecule has 2 aliphatic rings. The lowest BCUT2D eigenvalue weighted by molar-refractivity contribution is 0.322. The Labute approximate surface area is 158 Å². The molecule has 0 radical (unpaired) electrons. The number of halogens is 1. The van der Waals surface area contributed by atoms with Crippen LogP contribution in [0.5, 0.6) is 17.2 Å². The van der Waals surface area contributed by atoms with Crippen molar-refractivity contribution in [1.29, 1.82) is 0 Å². The fourth-order valence-corrected chi connectivity index (χ4v) is 4.43. The SMILES string of the molecule is COc1cc([C@@H]2Nc3c(Cl)cccc3[C@@H]3C=CC[C@@H]32)cc(OC)c1OC. The van der Waals surface area contributed by atoms with Crippen molar-refractivity contribution in [2.24, 2.45) is 5.92 Å². The highest BCUT2D eigenvalue weighted by Crippen LogP contribution is 2.52. The maximum Gasteiger partial charge on any atom is 0.203 e. The summed E-state index contributed by atoms with van der Waals surface area (Å²) in [5.74, 6) is 2.71. The van der Waals surface area contributed by atoms with Gasteiger partial charge in [0.05, 0.1) is 38.1 Å². The second-order valence-corrected chi connectivity index (χ2v) is 7.05. The minimum absolute atomic E-state index is 0.108. The van der Waals surface area contributed by atoms with Crippen molar-refractivity contribution in [3.63, 3.8) is 0 Å². The molecule has 0 saturated carbocycles. The Kier molecular flexibility index (Phi) is 4.45. The van der Waals surface area contributed by atoms with E-state index in [1.165, 1.54) is 5.56 Å². The average molecular weight is 372 g/mol. The van der Waals surface area contributed by atoms with Crippen molar-refractivity contribution < 1.29 is 14.2 Å². The first-order chi connectivity index (χ1) is 12.7. The van der Waals surface area contributed by atoms with E-state index >= 15 is 0 Å². The normalized spacial score (nSPS) is 23.0. The smallest absolute Gasteiger partial charge is 0.203 e. The Balaban J connectivity index is 1.82. The van der Waals surface area contributed by atoms with E-state index in [1.54, 1.807) is 21.3 Å². The molecule has 0 unspecified atom stereocenters. The van der Waals surface area contributed by atoms with Gasteiger partial charge in [0.25, 0.3) is 0 Å². The lowest BCUT2D eigenvalue weighted by Crippen LogP contribution is -2.29. The number of ether oxygens (including phenoxy) is 3. The highest BCUT2D eigenvalue weighted by atomic mass is 35.5. The van der Waals surface area contributed by atoms with Crippen LogP contribution in [0.2, 0.25) is 5.02 Å². The van der Waals surface area contributed by atoms with Crippen LogP contribution >= 0.6 is 11.6 Å². The number of methoxy groups -OCH3 is 3. The summed E-state index contributed by atoms with van der Waals surface area (Å²) in [4.78, 5) is 0. The molecule has 1 aliphatic carbocycles. The molecule has 0 bridgehead atoms. The van der Waals surface area contributed by atoms with Crippen LogP contribution < -0.4 is 19.5 Å². The number of fused-ring (bicyclic) bond motifs is 3. The van der Waals surface area contributed by atoms with E-state index in [1.807, 2.05) is 24.3 Å². The molecular weight excluding hydrogens is 350 g/mol. The van der Waals surface area contributed by atoms with Gasteiger partial charge in [-0.25, -0.2) is 0 Å². The standard InChI is InChI=1S/C21H22ClNO3/c1-24-17-10-12(11-18(25-2)21(17)26-3)19-14-7-4-6-13(14)15-8-5-9-16(22)20(15)23-19/h4-6,8-11,13-14,19,23H,7H2,1-3H3/t13-,14+,19+/m1/s1. The first kappa shape index (κ1) is 17.1. The van der Waals surface area contributed by atoms with E-state index in [4.69, 9.17) is 25.8 Å². The van der Waals surface area contributed by atoms with Crippen LogP contribution in [-0.2, 0) is 0 Å². The van der Waals surface area contributed by atoms with Crippen LogP contribution in [0.25, 0.3) is 0 Å². The first-order valence-corrected chi connectivity index (χ1v) is 9.07.